The summed E-state index contributed by atoms with van der Waals surface area (Å²) in [5, 5.41) is 6.67. The number of thiazole rings is 1. The fraction of sp³-hybridized carbons (Fsp3) is 0.545. The highest BCUT2D eigenvalue weighted by molar-refractivity contribution is 14.0. The molecule has 0 bridgehead atoms. The Morgan fingerprint density at radius 3 is 2.57 bits per heavy atom. The number of aromatic nitrogens is 1. The van der Waals surface area contributed by atoms with Crippen LogP contribution in [-0.4, -0.2) is 73.0 Å². The second-order valence-corrected chi connectivity index (χ2v) is 8.93. The van der Waals surface area contributed by atoms with E-state index in [0.717, 1.165) is 49.4 Å². The molecule has 2 heterocycles. The van der Waals surface area contributed by atoms with Crippen LogP contribution in [0.1, 0.15) is 28.2 Å². The van der Waals surface area contributed by atoms with Gasteiger partial charge in [0.25, 0.3) is 0 Å². The molecule has 1 aliphatic heterocycles. The van der Waals surface area contributed by atoms with Crippen LogP contribution in [0.3, 0.4) is 0 Å². The number of guanidine groups is 1. The molecule has 2 aromatic rings. The van der Waals surface area contributed by atoms with Crippen LogP contribution >= 0.6 is 35.3 Å². The van der Waals surface area contributed by atoms with Crippen molar-refractivity contribution >= 4 is 41.3 Å². The van der Waals surface area contributed by atoms with Crippen molar-refractivity contribution in [2.75, 3.05) is 47.3 Å². The standard InChI is InChI=1S/C22H34N6S.HI/c1-18-25-21(17-29-18)16-27(4)22(23-2)24-14-19-6-8-20(9-7-19)15-28-11-5-10-26(3)12-13-28;/h6-9,17H,5,10-16H2,1-4H3,(H,23,24);1H. The SMILES string of the molecule is CN=C(NCc1ccc(CN2CCCN(C)CC2)cc1)N(C)Cc1csc(C)n1.I. The Balaban J connectivity index is 0.00000320. The molecular weight excluding hydrogens is 507 g/mol. The molecule has 0 aliphatic carbocycles. The van der Waals surface area contributed by atoms with Crippen molar-refractivity contribution in [3.8, 4) is 0 Å². The Hall–Kier alpha value is -1.23. The molecule has 1 aromatic heterocycles. The number of aliphatic imine (C=N–C) groups is 1. The quantitative estimate of drug-likeness (QED) is 0.345. The molecule has 1 fully saturated rings. The van der Waals surface area contributed by atoms with Gasteiger partial charge in [0.2, 0.25) is 0 Å². The second-order valence-electron chi connectivity index (χ2n) is 7.86. The first-order chi connectivity index (χ1) is 14.0. The van der Waals surface area contributed by atoms with Crippen molar-refractivity contribution < 1.29 is 0 Å². The summed E-state index contributed by atoms with van der Waals surface area (Å²) in [6.45, 7) is 9.31. The van der Waals surface area contributed by atoms with Gasteiger partial charge in [-0.15, -0.1) is 35.3 Å². The van der Waals surface area contributed by atoms with Crippen LogP contribution < -0.4 is 5.32 Å². The minimum atomic E-state index is 0. The second kappa shape index (κ2) is 12.6. The van der Waals surface area contributed by atoms with Crippen molar-refractivity contribution in [2.24, 2.45) is 4.99 Å². The molecule has 30 heavy (non-hydrogen) atoms. The van der Waals surface area contributed by atoms with Gasteiger partial charge in [0.15, 0.2) is 5.96 Å². The van der Waals surface area contributed by atoms with Crippen molar-refractivity contribution in [2.45, 2.75) is 33.0 Å². The van der Waals surface area contributed by atoms with E-state index in [9.17, 15) is 0 Å². The number of halogens is 1. The van der Waals surface area contributed by atoms with E-state index in [1.807, 2.05) is 21.0 Å². The third kappa shape index (κ3) is 7.79. The van der Waals surface area contributed by atoms with Gasteiger partial charge in [0.05, 0.1) is 17.2 Å². The lowest BCUT2D eigenvalue weighted by atomic mass is 10.1. The molecule has 0 radical (unpaired) electrons. The molecule has 1 N–H and O–H groups in total. The van der Waals surface area contributed by atoms with E-state index >= 15 is 0 Å². The van der Waals surface area contributed by atoms with Crippen LogP contribution in [0.15, 0.2) is 34.6 Å². The van der Waals surface area contributed by atoms with E-state index in [0.29, 0.717) is 0 Å². The molecule has 0 saturated carbocycles. The molecule has 1 aromatic carbocycles. The van der Waals surface area contributed by atoms with E-state index in [1.54, 1.807) is 11.3 Å². The maximum absolute atomic E-state index is 4.54. The highest BCUT2D eigenvalue weighted by Gasteiger charge is 2.12. The zero-order valence-corrected chi connectivity index (χ0v) is 21.7. The van der Waals surface area contributed by atoms with E-state index < -0.39 is 0 Å². The van der Waals surface area contributed by atoms with E-state index in [-0.39, 0.29) is 24.0 Å². The van der Waals surface area contributed by atoms with Crippen LogP contribution in [0.4, 0.5) is 0 Å². The summed E-state index contributed by atoms with van der Waals surface area (Å²) in [5.74, 6) is 0.883. The third-order valence-electron chi connectivity index (χ3n) is 5.33. The fourth-order valence-corrected chi connectivity index (χ4v) is 4.25. The van der Waals surface area contributed by atoms with Crippen molar-refractivity contribution in [3.05, 3.63) is 51.5 Å². The van der Waals surface area contributed by atoms with Crippen LogP contribution in [0.25, 0.3) is 0 Å². The van der Waals surface area contributed by atoms with Gasteiger partial charge in [0, 0.05) is 45.7 Å². The number of nitrogens with one attached hydrogen (secondary N) is 1. The molecular formula is C22H35IN6S. The number of aryl methyl sites for hydroxylation is 1. The average molecular weight is 543 g/mol. The van der Waals surface area contributed by atoms with Crippen molar-refractivity contribution in [1.29, 1.82) is 0 Å². The number of hydrogen-bond donors (Lipinski definition) is 1. The number of benzene rings is 1. The molecule has 0 atom stereocenters. The van der Waals surface area contributed by atoms with Crippen molar-refractivity contribution in [3.63, 3.8) is 0 Å². The molecule has 0 unspecified atom stereocenters. The summed E-state index contributed by atoms with van der Waals surface area (Å²) >= 11 is 1.69. The molecule has 8 heteroatoms. The normalized spacial score (nSPS) is 16.1. The van der Waals surface area contributed by atoms with Gasteiger partial charge >= 0.3 is 0 Å². The lowest BCUT2D eigenvalue weighted by Gasteiger charge is -2.22. The van der Waals surface area contributed by atoms with Gasteiger partial charge < -0.3 is 15.1 Å². The predicted octanol–water partition coefficient (Wildman–Crippen LogP) is 3.41. The predicted molar refractivity (Wildman–Crippen MR) is 138 cm³/mol. The van der Waals surface area contributed by atoms with Crippen LogP contribution in [0.2, 0.25) is 0 Å². The smallest absolute Gasteiger partial charge is 0.194 e. The Kier molecular flexibility index (Phi) is 10.5. The topological polar surface area (TPSA) is 47.0 Å². The summed E-state index contributed by atoms with van der Waals surface area (Å²) in [5.41, 5.74) is 3.74. The maximum Gasteiger partial charge on any atom is 0.194 e. The zero-order valence-electron chi connectivity index (χ0n) is 18.6. The van der Waals surface area contributed by atoms with Gasteiger partial charge in [-0.2, -0.15) is 0 Å². The number of nitrogens with zero attached hydrogens (tertiary/aromatic N) is 5. The van der Waals surface area contributed by atoms with E-state index in [2.05, 4.69) is 66.7 Å². The minimum Gasteiger partial charge on any atom is -0.352 e. The van der Waals surface area contributed by atoms with Gasteiger partial charge in [-0.1, -0.05) is 24.3 Å². The zero-order chi connectivity index (χ0) is 20.6. The molecule has 166 valence electrons. The monoisotopic (exact) mass is 542 g/mol. The first-order valence-electron chi connectivity index (χ1n) is 10.3. The maximum atomic E-state index is 4.54. The molecule has 1 aliphatic rings. The van der Waals surface area contributed by atoms with Gasteiger partial charge in [0.1, 0.15) is 0 Å². The molecule has 3 rings (SSSR count). The Morgan fingerprint density at radius 1 is 1.17 bits per heavy atom. The molecule has 1 saturated heterocycles. The molecule has 6 nitrogen and oxygen atoms in total. The molecule has 0 spiro atoms. The molecule has 0 amide bonds. The highest BCUT2D eigenvalue weighted by atomic mass is 127. The first-order valence-corrected chi connectivity index (χ1v) is 11.2. The third-order valence-corrected chi connectivity index (χ3v) is 6.15. The van der Waals surface area contributed by atoms with Crippen LogP contribution in [-0.2, 0) is 19.6 Å². The summed E-state index contributed by atoms with van der Waals surface area (Å²) < 4.78 is 0. The Morgan fingerprint density at radius 2 is 1.90 bits per heavy atom. The Labute approximate surface area is 202 Å². The lowest BCUT2D eigenvalue weighted by Crippen LogP contribution is -2.38. The van der Waals surface area contributed by atoms with Gasteiger partial charge in [-0.25, -0.2) is 4.98 Å². The number of rotatable bonds is 6. The fourth-order valence-electron chi connectivity index (χ4n) is 3.64. The number of likely N-dealkylation sites (N-methyl/N-ethyl adjacent to an activating group) is 1. The summed E-state index contributed by atoms with van der Waals surface area (Å²) in [7, 11) is 6.09. The van der Waals surface area contributed by atoms with Crippen LogP contribution in [0, 0.1) is 6.92 Å². The summed E-state index contributed by atoms with van der Waals surface area (Å²) in [4.78, 5) is 16.1. The van der Waals surface area contributed by atoms with Gasteiger partial charge in [-0.05, 0) is 44.6 Å². The summed E-state index contributed by atoms with van der Waals surface area (Å²) in [6, 6.07) is 8.97. The average Bonchev–Trinajstić information content (AvgIpc) is 3.00. The first kappa shape index (κ1) is 25.0. The highest BCUT2D eigenvalue weighted by Crippen LogP contribution is 2.12. The minimum absolute atomic E-state index is 0. The largest absolute Gasteiger partial charge is 0.352 e. The summed E-state index contributed by atoms with van der Waals surface area (Å²) in [6.07, 6.45) is 1.26. The lowest BCUT2D eigenvalue weighted by molar-refractivity contribution is 0.269. The van der Waals surface area contributed by atoms with Crippen LogP contribution in [0.5, 0.6) is 0 Å². The number of hydrogen-bond acceptors (Lipinski definition) is 5. The van der Waals surface area contributed by atoms with Crippen molar-refractivity contribution in [1.82, 2.24) is 25.0 Å². The van der Waals surface area contributed by atoms with E-state index in [1.165, 1.54) is 30.6 Å². The Bertz CT molecular complexity index is 791. The van der Waals surface area contributed by atoms with E-state index in [4.69, 9.17) is 0 Å². The van der Waals surface area contributed by atoms with Gasteiger partial charge in [-0.3, -0.25) is 9.89 Å².